The van der Waals surface area contributed by atoms with Crippen LogP contribution in [0, 0.1) is 0 Å². The van der Waals surface area contributed by atoms with E-state index in [1.165, 1.54) is 12.1 Å². The van der Waals surface area contributed by atoms with Crippen molar-refractivity contribution >= 4 is 15.5 Å². The molecule has 0 aliphatic carbocycles. The Hall–Kier alpha value is -2.59. The van der Waals surface area contributed by atoms with Gasteiger partial charge in [0, 0.05) is 0 Å². The van der Waals surface area contributed by atoms with E-state index in [1.807, 2.05) is 6.07 Å². The number of ether oxygens (including phenoxy) is 1. The molecule has 106 valence electrons. The SMILES string of the molecule is C1=C[SiH2]C=C1.O=C(Oc1ccccc1)c1ccccc1O. The molecule has 21 heavy (non-hydrogen) atoms. The van der Waals surface area contributed by atoms with Crippen molar-refractivity contribution in [2.45, 2.75) is 0 Å². The number of allylic oxidation sites excluding steroid dienone is 2. The van der Waals surface area contributed by atoms with Gasteiger partial charge in [0.25, 0.3) is 0 Å². The minimum atomic E-state index is -0.565. The third-order valence-corrected chi connectivity index (χ3v) is 3.82. The zero-order valence-corrected chi connectivity index (χ0v) is 12.9. The highest BCUT2D eigenvalue weighted by molar-refractivity contribution is 6.49. The Bertz CT molecular complexity index is 638. The summed E-state index contributed by atoms with van der Waals surface area (Å²) >= 11 is 0. The molecule has 0 bridgehead atoms. The molecule has 0 saturated carbocycles. The predicted octanol–water partition coefficient (Wildman–Crippen LogP) is 2.81. The molecule has 0 aromatic heterocycles. The van der Waals surface area contributed by atoms with Gasteiger partial charge in [0.05, 0.1) is 9.52 Å². The van der Waals surface area contributed by atoms with E-state index >= 15 is 0 Å². The highest BCUT2D eigenvalue weighted by atomic mass is 28.2. The molecule has 4 heteroatoms. The Morgan fingerprint density at radius 3 is 2.10 bits per heavy atom. The summed E-state index contributed by atoms with van der Waals surface area (Å²) < 4.78 is 5.08. The molecular formula is C17H16O3Si. The van der Waals surface area contributed by atoms with E-state index in [2.05, 4.69) is 23.6 Å². The van der Waals surface area contributed by atoms with Crippen molar-refractivity contribution in [2.24, 2.45) is 0 Å². The average molecular weight is 296 g/mol. The fourth-order valence-corrected chi connectivity index (χ4v) is 2.48. The van der Waals surface area contributed by atoms with Crippen molar-refractivity contribution in [2.75, 3.05) is 0 Å². The normalized spacial score (nSPS) is 11.6. The Morgan fingerprint density at radius 1 is 0.905 bits per heavy atom. The van der Waals surface area contributed by atoms with Gasteiger partial charge in [-0.1, -0.05) is 53.9 Å². The molecule has 0 unspecified atom stereocenters. The van der Waals surface area contributed by atoms with Crippen LogP contribution in [0.2, 0.25) is 0 Å². The van der Waals surface area contributed by atoms with Gasteiger partial charge in [-0.05, 0) is 24.3 Å². The number of carbonyl (C=O) groups excluding carboxylic acids is 1. The number of aromatic hydroxyl groups is 1. The van der Waals surface area contributed by atoms with Gasteiger partial charge < -0.3 is 9.84 Å². The first-order valence-electron chi connectivity index (χ1n) is 6.64. The van der Waals surface area contributed by atoms with E-state index in [-0.39, 0.29) is 20.8 Å². The van der Waals surface area contributed by atoms with Crippen molar-refractivity contribution in [1.29, 1.82) is 0 Å². The van der Waals surface area contributed by atoms with E-state index in [0.29, 0.717) is 5.75 Å². The van der Waals surface area contributed by atoms with Crippen LogP contribution in [0.25, 0.3) is 0 Å². The highest BCUT2D eigenvalue weighted by Gasteiger charge is 2.12. The maximum absolute atomic E-state index is 11.7. The zero-order valence-electron chi connectivity index (χ0n) is 11.5. The lowest BCUT2D eigenvalue weighted by molar-refractivity contribution is 0.0731. The lowest BCUT2D eigenvalue weighted by atomic mass is 10.2. The van der Waals surface area contributed by atoms with Crippen molar-refractivity contribution in [3.8, 4) is 11.5 Å². The Kier molecular flexibility index (Phi) is 5.55. The first-order valence-corrected chi connectivity index (χ1v) is 8.27. The van der Waals surface area contributed by atoms with E-state index in [1.54, 1.807) is 36.4 Å². The monoisotopic (exact) mass is 296 g/mol. The summed E-state index contributed by atoms with van der Waals surface area (Å²) in [6, 6.07) is 15.0. The van der Waals surface area contributed by atoms with Crippen LogP contribution in [-0.2, 0) is 0 Å². The molecular weight excluding hydrogens is 280 g/mol. The number of phenols is 1. The summed E-state index contributed by atoms with van der Waals surface area (Å²) in [7, 11) is 0.182. The van der Waals surface area contributed by atoms with Gasteiger partial charge in [-0.15, -0.1) is 0 Å². The zero-order chi connectivity index (χ0) is 14.9. The smallest absolute Gasteiger partial charge is 0.347 e. The van der Waals surface area contributed by atoms with Gasteiger partial charge in [-0.3, -0.25) is 0 Å². The van der Waals surface area contributed by atoms with Gasteiger partial charge >= 0.3 is 5.97 Å². The van der Waals surface area contributed by atoms with Crippen molar-refractivity contribution in [3.05, 3.63) is 83.7 Å². The van der Waals surface area contributed by atoms with Gasteiger partial charge in [-0.25, -0.2) is 4.79 Å². The van der Waals surface area contributed by atoms with Crippen molar-refractivity contribution < 1.29 is 14.6 Å². The predicted molar refractivity (Wildman–Crippen MR) is 86.3 cm³/mol. The Balaban J connectivity index is 0.000000272. The maximum atomic E-state index is 11.7. The number of hydrogen-bond acceptors (Lipinski definition) is 3. The molecule has 0 amide bonds. The fourth-order valence-electron chi connectivity index (χ4n) is 1.69. The second kappa shape index (κ2) is 7.87. The molecule has 1 aliphatic heterocycles. The van der Waals surface area contributed by atoms with Crippen molar-refractivity contribution in [3.63, 3.8) is 0 Å². The minimum absolute atomic E-state index is 0.0802. The van der Waals surface area contributed by atoms with Gasteiger partial charge in [0.1, 0.15) is 17.1 Å². The number of phenolic OH excluding ortho intramolecular Hbond substituents is 1. The van der Waals surface area contributed by atoms with E-state index in [9.17, 15) is 9.90 Å². The van der Waals surface area contributed by atoms with Gasteiger partial charge in [0.15, 0.2) is 0 Å². The first-order chi connectivity index (χ1) is 10.3. The van der Waals surface area contributed by atoms with Crippen LogP contribution in [0.5, 0.6) is 11.5 Å². The van der Waals surface area contributed by atoms with Crippen LogP contribution < -0.4 is 4.74 Å². The average Bonchev–Trinajstić information content (AvgIpc) is 3.08. The quantitative estimate of drug-likeness (QED) is 0.526. The first kappa shape index (κ1) is 14.8. The molecule has 0 fully saturated rings. The summed E-state index contributed by atoms with van der Waals surface area (Å²) in [6.07, 6.45) is 4.23. The second-order valence-corrected chi connectivity index (χ2v) is 5.73. The number of benzene rings is 2. The maximum Gasteiger partial charge on any atom is 0.347 e. The summed E-state index contributed by atoms with van der Waals surface area (Å²) in [5.41, 5.74) is 4.69. The molecule has 3 nitrogen and oxygen atoms in total. The Morgan fingerprint density at radius 2 is 1.52 bits per heavy atom. The number of esters is 1. The molecule has 0 atom stereocenters. The van der Waals surface area contributed by atoms with Crippen LogP contribution in [0.3, 0.4) is 0 Å². The molecule has 0 saturated heterocycles. The largest absolute Gasteiger partial charge is 0.507 e. The number of carbonyl (C=O) groups is 1. The summed E-state index contributed by atoms with van der Waals surface area (Å²) in [5, 5.41) is 9.46. The number of hydrogen-bond donors (Lipinski definition) is 1. The lowest BCUT2D eigenvalue weighted by Crippen LogP contribution is -2.08. The molecule has 2 aromatic rings. The van der Waals surface area contributed by atoms with Crippen molar-refractivity contribution in [1.82, 2.24) is 0 Å². The number of rotatable bonds is 2. The molecule has 1 aliphatic rings. The van der Waals surface area contributed by atoms with Crippen LogP contribution in [0.4, 0.5) is 0 Å². The molecule has 0 spiro atoms. The summed E-state index contributed by atoms with van der Waals surface area (Å²) in [5.74, 6) is -0.191. The van der Waals surface area contributed by atoms with Crippen LogP contribution in [0.15, 0.2) is 78.1 Å². The molecule has 3 rings (SSSR count). The molecule has 0 radical (unpaired) electrons. The summed E-state index contributed by atoms with van der Waals surface area (Å²) in [6.45, 7) is 0. The van der Waals surface area contributed by atoms with Gasteiger partial charge in [0.2, 0.25) is 0 Å². The fraction of sp³-hybridized carbons (Fsp3) is 0. The van der Waals surface area contributed by atoms with Gasteiger partial charge in [-0.2, -0.15) is 0 Å². The third kappa shape index (κ3) is 4.78. The standard InChI is InChI=1S/C13H10O3.C4H6Si/c14-12-9-5-4-8-11(12)13(15)16-10-6-2-1-3-7-10;1-2-4-5-3-1/h1-9,14H;1-4H,5H2. The Labute approximate surface area is 126 Å². The highest BCUT2D eigenvalue weighted by Crippen LogP contribution is 2.18. The molecule has 1 heterocycles. The van der Waals surface area contributed by atoms with E-state index < -0.39 is 5.97 Å². The second-order valence-electron chi connectivity index (χ2n) is 4.31. The lowest BCUT2D eigenvalue weighted by Gasteiger charge is -2.04. The van der Waals surface area contributed by atoms with Crippen LogP contribution in [0.1, 0.15) is 10.4 Å². The summed E-state index contributed by atoms with van der Waals surface area (Å²) in [4.78, 5) is 11.7. The topological polar surface area (TPSA) is 46.5 Å². The van der Waals surface area contributed by atoms with Crippen LogP contribution >= 0.6 is 0 Å². The molecule has 2 aromatic carbocycles. The van der Waals surface area contributed by atoms with Crippen LogP contribution in [-0.4, -0.2) is 20.6 Å². The minimum Gasteiger partial charge on any atom is -0.507 e. The third-order valence-electron chi connectivity index (χ3n) is 2.73. The molecule has 1 N–H and O–H groups in total. The van der Waals surface area contributed by atoms with E-state index in [4.69, 9.17) is 4.74 Å². The van der Waals surface area contributed by atoms with E-state index in [0.717, 1.165) is 0 Å². The number of para-hydroxylation sites is 2.